The topological polar surface area (TPSA) is 54.6 Å². The van der Waals surface area contributed by atoms with E-state index in [0.717, 1.165) is 38.7 Å². The molecule has 0 bridgehead atoms. The zero-order valence-corrected chi connectivity index (χ0v) is 18.4. The van der Waals surface area contributed by atoms with Crippen LogP contribution in [0.15, 0.2) is 60.7 Å². The number of methoxy groups -OCH3 is 2. The van der Waals surface area contributed by atoms with Crippen molar-refractivity contribution in [2.24, 2.45) is 0 Å². The molecule has 6 heteroatoms. The van der Waals surface area contributed by atoms with Crippen LogP contribution in [0.25, 0.3) is 10.9 Å². The third kappa shape index (κ3) is 3.52. The van der Waals surface area contributed by atoms with Gasteiger partial charge in [-0.1, -0.05) is 30.3 Å². The highest BCUT2D eigenvalue weighted by Crippen LogP contribution is 2.40. The average Bonchev–Trinajstić information content (AvgIpc) is 3.43. The monoisotopic (exact) mass is 432 g/mol. The molecule has 2 aromatic carbocycles. The van der Waals surface area contributed by atoms with Crippen molar-refractivity contribution in [2.75, 3.05) is 20.8 Å². The third-order valence-corrected chi connectivity index (χ3v) is 6.91. The molecule has 1 aliphatic rings. The van der Waals surface area contributed by atoms with Crippen molar-refractivity contribution in [3.8, 4) is 5.75 Å². The fourth-order valence-corrected chi connectivity index (χ4v) is 5.41. The van der Waals surface area contributed by atoms with Crippen molar-refractivity contribution in [2.45, 2.75) is 19.1 Å². The standard InChI is InChI=1S/C25H24N2O3S/c1-29-15-18-10-11-22(31-18)25(28)27-13-12-20-19-8-3-4-9-21(19)26-23(20)24(27)16-6-5-7-17(14-16)30-2/h3-11,14,24,26H,12-13,15H2,1-2H3. The van der Waals surface area contributed by atoms with E-state index in [1.807, 2.05) is 41.3 Å². The molecule has 3 heterocycles. The van der Waals surface area contributed by atoms with Crippen molar-refractivity contribution >= 4 is 28.1 Å². The summed E-state index contributed by atoms with van der Waals surface area (Å²) in [5.41, 5.74) is 4.52. The van der Waals surface area contributed by atoms with Gasteiger partial charge in [-0.2, -0.15) is 0 Å². The fourth-order valence-electron chi connectivity index (χ4n) is 4.47. The van der Waals surface area contributed by atoms with Crippen molar-refractivity contribution < 1.29 is 14.3 Å². The average molecular weight is 433 g/mol. The van der Waals surface area contributed by atoms with Gasteiger partial charge in [-0.15, -0.1) is 11.3 Å². The number of carbonyl (C=O) groups is 1. The Morgan fingerprint density at radius 2 is 2.00 bits per heavy atom. The van der Waals surface area contributed by atoms with Crippen LogP contribution in [0.4, 0.5) is 0 Å². The molecule has 1 atom stereocenters. The number of para-hydroxylation sites is 1. The molecule has 1 amide bonds. The number of hydrogen-bond acceptors (Lipinski definition) is 4. The van der Waals surface area contributed by atoms with E-state index in [-0.39, 0.29) is 11.9 Å². The summed E-state index contributed by atoms with van der Waals surface area (Å²) < 4.78 is 10.7. The molecule has 0 saturated carbocycles. The van der Waals surface area contributed by atoms with Crippen LogP contribution in [0.2, 0.25) is 0 Å². The number of fused-ring (bicyclic) bond motifs is 3. The highest BCUT2D eigenvalue weighted by molar-refractivity contribution is 7.14. The minimum Gasteiger partial charge on any atom is -0.497 e. The Bertz CT molecular complexity index is 1240. The van der Waals surface area contributed by atoms with Gasteiger partial charge < -0.3 is 19.4 Å². The van der Waals surface area contributed by atoms with Crippen molar-refractivity contribution in [3.63, 3.8) is 0 Å². The molecule has 31 heavy (non-hydrogen) atoms. The van der Waals surface area contributed by atoms with Gasteiger partial charge in [0.25, 0.3) is 5.91 Å². The summed E-state index contributed by atoms with van der Waals surface area (Å²) in [7, 11) is 3.34. The van der Waals surface area contributed by atoms with Gasteiger partial charge in [0.15, 0.2) is 0 Å². The van der Waals surface area contributed by atoms with E-state index in [1.54, 1.807) is 14.2 Å². The summed E-state index contributed by atoms with van der Waals surface area (Å²) in [6.45, 7) is 1.18. The summed E-state index contributed by atoms with van der Waals surface area (Å²) in [5.74, 6) is 0.830. The second-order valence-electron chi connectivity index (χ2n) is 7.69. The van der Waals surface area contributed by atoms with E-state index in [9.17, 15) is 4.79 Å². The minimum absolute atomic E-state index is 0.0458. The Kier molecular flexibility index (Phi) is 5.26. The number of H-pyrrole nitrogens is 1. The molecule has 4 aromatic rings. The van der Waals surface area contributed by atoms with E-state index in [4.69, 9.17) is 9.47 Å². The summed E-state index contributed by atoms with van der Waals surface area (Å²) in [4.78, 5) is 21.0. The van der Waals surface area contributed by atoms with Gasteiger partial charge in [0.05, 0.1) is 24.6 Å². The predicted molar refractivity (Wildman–Crippen MR) is 123 cm³/mol. The fraction of sp³-hybridized carbons (Fsp3) is 0.240. The van der Waals surface area contributed by atoms with Gasteiger partial charge in [0, 0.05) is 35.1 Å². The predicted octanol–water partition coefficient (Wildman–Crippen LogP) is 5.17. The van der Waals surface area contributed by atoms with Gasteiger partial charge in [-0.3, -0.25) is 4.79 Å². The molecule has 0 fully saturated rings. The number of benzene rings is 2. The molecule has 1 aliphatic heterocycles. The van der Waals surface area contributed by atoms with Gasteiger partial charge in [-0.05, 0) is 47.9 Å². The molecule has 5 rings (SSSR count). The summed E-state index contributed by atoms with van der Waals surface area (Å²) in [6.07, 6.45) is 0.821. The van der Waals surface area contributed by atoms with Crippen LogP contribution in [-0.2, 0) is 17.8 Å². The van der Waals surface area contributed by atoms with Crippen LogP contribution in [0.5, 0.6) is 5.75 Å². The molecule has 0 radical (unpaired) electrons. The normalized spacial score (nSPS) is 15.8. The number of nitrogens with zero attached hydrogens (tertiary/aromatic N) is 1. The number of hydrogen-bond donors (Lipinski definition) is 1. The van der Waals surface area contributed by atoms with Crippen molar-refractivity contribution in [1.29, 1.82) is 0 Å². The second-order valence-corrected chi connectivity index (χ2v) is 8.86. The van der Waals surface area contributed by atoms with Gasteiger partial charge in [0.2, 0.25) is 0 Å². The molecule has 158 valence electrons. The molecule has 2 aromatic heterocycles. The molecular weight excluding hydrogens is 408 g/mol. The maximum Gasteiger partial charge on any atom is 0.264 e. The van der Waals surface area contributed by atoms with Gasteiger partial charge >= 0.3 is 0 Å². The molecule has 1 N–H and O–H groups in total. The molecule has 5 nitrogen and oxygen atoms in total. The van der Waals surface area contributed by atoms with Crippen LogP contribution >= 0.6 is 11.3 Å². The van der Waals surface area contributed by atoms with Crippen LogP contribution in [0, 0.1) is 0 Å². The Morgan fingerprint density at radius 3 is 2.84 bits per heavy atom. The number of nitrogens with one attached hydrogen (secondary N) is 1. The largest absolute Gasteiger partial charge is 0.497 e. The Morgan fingerprint density at radius 1 is 1.13 bits per heavy atom. The highest BCUT2D eigenvalue weighted by atomic mass is 32.1. The first-order chi connectivity index (χ1) is 15.2. The van der Waals surface area contributed by atoms with E-state index < -0.39 is 0 Å². The first kappa shape index (κ1) is 19.8. The molecule has 1 unspecified atom stereocenters. The summed E-state index contributed by atoms with van der Waals surface area (Å²) in [6, 6.07) is 20.0. The number of amides is 1. The lowest BCUT2D eigenvalue weighted by Crippen LogP contribution is -2.40. The summed E-state index contributed by atoms with van der Waals surface area (Å²) >= 11 is 1.50. The first-order valence-electron chi connectivity index (χ1n) is 10.3. The van der Waals surface area contributed by atoms with E-state index >= 15 is 0 Å². The lowest BCUT2D eigenvalue weighted by molar-refractivity contribution is 0.0697. The maximum atomic E-state index is 13.6. The molecule has 0 aliphatic carbocycles. The Balaban J connectivity index is 1.62. The smallest absolute Gasteiger partial charge is 0.264 e. The summed E-state index contributed by atoms with van der Waals surface area (Å²) in [5, 5.41) is 1.23. The zero-order valence-electron chi connectivity index (χ0n) is 17.6. The van der Waals surface area contributed by atoms with Crippen molar-refractivity contribution in [1.82, 2.24) is 9.88 Å². The number of ether oxygens (including phenoxy) is 2. The van der Waals surface area contributed by atoms with Crippen LogP contribution < -0.4 is 4.74 Å². The quantitative estimate of drug-likeness (QED) is 0.473. The van der Waals surface area contributed by atoms with Crippen LogP contribution in [0.3, 0.4) is 0 Å². The SMILES string of the molecule is COCc1ccc(C(=O)N2CCc3c([nH]c4ccccc34)C2c2cccc(OC)c2)s1. The number of carbonyl (C=O) groups excluding carboxylic acids is 1. The first-order valence-corrected chi connectivity index (χ1v) is 11.1. The van der Waals surface area contributed by atoms with Crippen LogP contribution in [0.1, 0.15) is 37.4 Å². The Labute approximate surface area is 185 Å². The molecule has 0 saturated heterocycles. The Hall–Kier alpha value is -3.09. The highest BCUT2D eigenvalue weighted by Gasteiger charge is 2.35. The zero-order chi connectivity index (χ0) is 21.4. The second kappa shape index (κ2) is 8.21. The van der Waals surface area contributed by atoms with Crippen molar-refractivity contribution in [3.05, 3.63) is 87.2 Å². The lowest BCUT2D eigenvalue weighted by atomic mass is 9.92. The third-order valence-electron chi connectivity index (χ3n) is 5.86. The minimum atomic E-state index is -0.202. The molecular formula is C25H24N2O3S. The van der Waals surface area contributed by atoms with E-state index in [0.29, 0.717) is 13.2 Å². The number of aromatic amines is 1. The van der Waals surface area contributed by atoms with Gasteiger partial charge in [-0.25, -0.2) is 0 Å². The van der Waals surface area contributed by atoms with E-state index in [2.05, 4.69) is 29.2 Å². The number of rotatable bonds is 5. The maximum absolute atomic E-state index is 13.6. The number of aromatic nitrogens is 1. The van der Waals surface area contributed by atoms with Gasteiger partial charge in [0.1, 0.15) is 5.75 Å². The number of thiophene rings is 1. The van der Waals surface area contributed by atoms with E-state index in [1.165, 1.54) is 22.3 Å². The van der Waals surface area contributed by atoms with Crippen LogP contribution in [-0.4, -0.2) is 36.6 Å². The molecule has 0 spiro atoms. The lowest BCUT2D eigenvalue weighted by Gasteiger charge is -2.36.